The van der Waals surface area contributed by atoms with Crippen molar-refractivity contribution in [1.82, 2.24) is 14.6 Å². The van der Waals surface area contributed by atoms with Crippen LogP contribution in [0, 0.1) is 0 Å². The first-order valence-corrected chi connectivity index (χ1v) is 11.1. The maximum atomic E-state index is 12.7. The summed E-state index contributed by atoms with van der Waals surface area (Å²) in [4.78, 5) is 56.9. The van der Waals surface area contributed by atoms with E-state index < -0.39 is 51.8 Å². The summed E-state index contributed by atoms with van der Waals surface area (Å²) < 4.78 is 36.1. The summed E-state index contributed by atoms with van der Waals surface area (Å²) >= 11 is 6.35. The van der Waals surface area contributed by atoms with Gasteiger partial charge in [-0.1, -0.05) is 5.16 Å². The number of esters is 1. The third kappa shape index (κ3) is 5.46. The predicted octanol–water partition coefficient (Wildman–Crippen LogP) is -1.27. The lowest BCUT2D eigenvalue weighted by atomic mass is 9.98. The smallest absolute Gasteiger partial charge is 0.363 e. The highest BCUT2D eigenvalue weighted by molar-refractivity contribution is 7.84. The number of thiazole rings is 1. The van der Waals surface area contributed by atoms with Crippen molar-refractivity contribution in [2.24, 2.45) is 5.16 Å². The number of alkyl halides is 1. The molecule has 0 spiro atoms. The van der Waals surface area contributed by atoms with Crippen LogP contribution in [0.25, 0.3) is 0 Å². The zero-order chi connectivity index (χ0) is 23.3. The molecule has 3 N–H and O–H groups in total. The lowest BCUT2D eigenvalue weighted by Crippen LogP contribution is -2.74. The largest absolute Gasteiger partial charge is 0.467 e. The van der Waals surface area contributed by atoms with Crippen LogP contribution in [-0.2, 0) is 39.1 Å². The molecule has 0 bridgehead atoms. The highest BCUT2D eigenvalue weighted by atomic mass is 35.5. The molecule has 17 heteroatoms. The number of aromatic nitrogens is 1. The van der Waals surface area contributed by atoms with E-state index in [-0.39, 0.29) is 27.6 Å². The second-order valence-electron chi connectivity index (χ2n) is 5.61. The van der Waals surface area contributed by atoms with Gasteiger partial charge >= 0.3 is 16.3 Å². The molecule has 1 saturated heterocycles. The van der Waals surface area contributed by atoms with Crippen molar-refractivity contribution < 1.29 is 41.7 Å². The minimum absolute atomic E-state index is 0.0474. The van der Waals surface area contributed by atoms with Crippen LogP contribution in [0.4, 0.5) is 5.13 Å². The summed E-state index contributed by atoms with van der Waals surface area (Å²) in [5.41, 5.74) is -0.472. The Labute approximate surface area is 184 Å². The molecule has 2 rings (SSSR count). The molecule has 1 aliphatic heterocycles. The van der Waals surface area contributed by atoms with Gasteiger partial charge in [0.25, 0.3) is 11.8 Å². The SMILES string of the molecule is CCO/N=C(\C(=O)NC1C(=O)N(S(=O)(=O)O)C1C(=O)OC)c1csc(NC(=O)CCl)n1. The maximum absolute atomic E-state index is 12.7. The lowest BCUT2D eigenvalue weighted by Gasteiger charge is -2.41. The third-order valence-electron chi connectivity index (χ3n) is 3.64. The monoisotopic (exact) mass is 497 g/mol. The molecule has 170 valence electrons. The molecule has 0 saturated carbocycles. The molecule has 0 aliphatic carbocycles. The number of nitrogens with zero attached hydrogens (tertiary/aromatic N) is 3. The van der Waals surface area contributed by atoms with E-state index in [2.05, 4.69) is 25.5 Å². The fourth-order valence-electron chi connectivity index (χ4n) is 2.35. The Balaban J connectivity index is 2.27. The van der Waals surface area contributed by atoms with E-state index in [0.717, 1.165) is 18.4 Å². The number of hydrogen-bond acceptors (Lipinski definition) is 11. The van der Waals surface area contributed by atoms with Crippen molar-refractivity contribution in [3.63, 3.8) is 0 Å². The van der Waals surface area contributed by atoms with E-state index in [1.54, 1.807) is 6.92 Å². The molecule has 31 heavy (non-hydrogen) atoms. The van der Waals surface area contributed by atoms with Gasteiger partial charge in [-0.15, -0.1) is 22.9 Å². The molecule has 1 aromatic rings. The quantitative estimate of drug-likeness (QED) is 0.0924. The summed E-state index contributed by atoms with van der Waals surface area (Å²) in [6, 6.07) is -3.48. The van der Waals surface area contributed by atoms with Gasteiger partial charge < -0.3 is 20.2 Å². The molecule has 2 unspecified atom stereocenters. The number of β-lactam (4-membered cyclic amide) rings is 1. The Hall–Kier alpha value is -2.82. The van der Waals surface area contributed by atoms with Crippen molar-refractivity contribution >= 4 is 67.8 Å². The number of hydrogen-bond donors (Lipinski definition) is 3. The normalized spacial score (nSPS) is 18.8. The number of halogens is 1. The van der Waals surface area contributed by atoms with E-state index in [9.17, 15) is 27.6 Å². The number of rotatable bonds is 9. The van der Waals surface area contributed by atoms with Crippen LogP contribution in [0.3, 0.4) is 0 Å². The number of nitrogens with one attached hydrogen (secondary N) is 2. The number of ether oxygens (including phenoxy) is 1. The van der Waals surface area contributed by atoms with Crippen molar-refractivity contribution in [3.8, 4) is 0 Å². The van der Waals surface area contributed by atoms with Crippen LogP contribution in [0.15, 0.2) is 10.5 Å². The van der Waals surface area contributed by atoms with Crippen molar-refractivity contribution in [2.45, 2.75) is 19.0 Å². The number of methoxy groups -OCH3 is 1. The highest BCUT2D eigenvalue weighted by Gasteiger charge is 2.58. The van der Waals surface area contributed by atoms with Gasteiger partial charge in [0.05, 0.1) is 7.11 Å². The van der Waals surface area contributed by atoms with Gasteiger partial charge in [0, 0.05) is 5.38 Å². The van der Waals surface area contributed by atoms with Gasteiger partial charge in [0.15, 0.2) is 16.9 Å². The third-order valence-corrected chi connectivity index (χ3v) is 5.55. The Kier molecular flexibility index (Phi) is 7.88. The molecule has 0 aromatic carbocycles. The molecule has 14 nitrogen and oxygen atoms in total. The Morgan fingerprint density at radius 2 is 2.10 bits per heavy atom. The van der Waals surface area contributed by atoms with Crippen LogP contribution in [0.2, 0.25) is 0 Å². The van der Waals surface area contributed by atoms with Gasteiger partial charge in [0.1, 0.15) is 24.2 Å². The van der Waals surface area contributed by atoms with Crippen LogP contribution >= 0.6 is 22.9 Å². The Morgan fingerprint density at radius 1 is 1.42 bits per heavy atom. The van der Waals surface area contributed by atoms with E-state index in [4.69, 9.17) is 21.0 Å². The minimum atomic E-state index is -5.07. The van der Waals surface area contributed by atoms with E-state index >= 15 is 0 Å². The number of oxime groups is 1. The fraction of sp³-hybridized carbons (Fsp3) is 0.429. The second kappa shape index (κ2) is 9.99. The fourth-order valence-corrected chi connectivity index (χ4v) is 3.96. The average Bonchev–Trinajstić information content (AvgIpc) is 3.16. The summed E-state index contributed by atoms with van der Waals surface area (Å²) in [6.07, 6.45) is 0. The van der Waals surface area contributed by atoms with Gasteiger partial charge in [0.2, 0.25) is 5.91 Å². The molecule has 1 fully saturated rings. The first kappa shape index (κ1) is 24.4. The predicted molar refractivity (Wildman–Crippen MR) is 106 cm³/mol. The molecule has 3 amide bonds. The topological polar surface area (TPSA) is 194 Å². The van der Waals surface area contributed by atoms with Gasteiger partial charge in [-0.2, -0.15) is 12.7 Å². The minimum Gasteiger partial charge on any atom is -0.467 e. The van der Waals surface area contributed by atoms with Gasteiger partial charge in [-0.3, -0.25) is 18.9 Å². The molecule has 2 heterocycles. The summed E-state index contributed by atoms with van der Waals surface area (Å²) in [5.74, 6) is -4.36. The van der Waals surface area contributed by atoms with Crippen LogP contribution in [0.1, 0.15) is 12.6 Å². The number of carbonyl (C=O) groups is 4. The van der Waals surface area contributed by atoms with Crippen LogP contribution in [0.5, 0.6) is 0 Å². The lowest BCUT2D eigenvalue weighted by molar-refractivity contribution is -0.162. The second-order valence-corrected chi connectivity index (χ2v) is 8.02. The maximum Gasteiger partial charge on any atom is 0.363 e. The van der Waals surface area contributed by atoms with Crippen LogP contribution < -0.4 is 10.6 Å². The Morgan fingerprint density at radius 3 is 2.65 bits per heavy atom. The molecule has 1 aromatic heterocycles. The first-order chi connectivity index (χ1) is 14.5. The molecular formula is C14H16ClN5O9S2. The van der Waals surface area contributed by atoms with Gasteiger partial charge in [-0.25, -0.2) is 9.78 Å². The zero-order valence-corrected chi connectivity index (χ0v) is 18.3. The standard InChI is InChI=1S/C14H16ClN5O9S2/c1-3-29-19-8(6-5-30-14(16-6)17-7(21)4-15)11(22)18-9-10(13(24)28-2)20(12(9)23)31(25,26)27/h5,9-10H,3-4H2,1-2H3,(H,18,22)(H,16,17,21)(H,25,26,27)/b19-8-. The van der Waals surface area contributed by atoms with Crippen molar-refractivity contribution in [2.75, 3.05) is 24.9 Å². The number of anilines is 1. The van der Waals surface area contributed by atoms with E-state index in [0.29, 0.717) is 0 Å². The van der Waals surface area contributed by atoms with Crippen molar-refractivity contribution in [3.05, 3.63) is 11.1 Å². The molecule has 1 aliphatic rings. The molecular weight excluding hydrogens is 482 g/mol. The number of amides is 3. The van der Waals surface area contributed by atoms with E-state index in [1.807, 2.05) is 0 Å². The summed E-state index contributed by atoms with van der Waals surface area (Å²) in [7, 11) is -4.14. The van der Waals surface area contributed by atoms with Crippen molar-refractivity contribution in [1.29, 1.82) is 0 Å². The van der Waals surface area contributed by atoms with Crippen LogP contribution in [-0.4, -0.2) is 83.3 Å². The average molecular weight is 498 g/mol. The van der Waals surface area contributed by atoms with E-state index in [1.165, 1.54) is 5.38 Å². The zero-order valence-electron chi connectivity index (χ0n) is 15.9. The molecule has 0 radical (unpaired) electrons. The summed E-state index contributed by atoms with van der Waals surface area (Å²) in [5, 5.41) is 9.59. The molecule has 2 atom stereocenters. The highest BCUT2D eigenvalue weighted by Crippen LogP contribution is 2.25. The Bertz CT molecular complexity index is 1030. The number of carbonyl (C=O) groups excluding carboxylic acids is 4. The first-order valence-electron chi connectivity index (χ1n) is 8.26. The van der Waals surface area contributed by atoms with Gasteiger partial charge in [-0.05, 0) is 6.92 Å². The summed E-state index contributed by atoms with van der Waals surface area (Å²) in [6.45, 7) is 1.65.